The maximum Gasteiger partial charge on any atom is 0.337 e. The van der Waals surface area contributed by atoms with Gasteiger partial charge in [0.15, 0.2) is 0 Å². The molecule has 0 heterocycles. The molecule has 0 amide bonds. The minimum Gasteiger partial charge on any atom is -0.405 e. The minimum atomic E-state index is -2.37. The van der Waals surface area contributed by atoms with Crippen LogP contribution in [0, 0.1) is 5.92 Å². The quantitative estimate of drug-likeness (QED) is 0.408. The summed E-state index contributed by atoms with van der Waals surface area (Å²) in [7, 11) is 0. The molecule has 0 saturated carbocycles. The third kappa shape index (κ3) is 4.99. The van der Waals surface area contributed by atoms with Gasteiger partial charge in [-0.3, -0.25) is 0 Å². The van der Waals surface area contributed by atoms with Crippen molar-refractivity contribution >= 4 is 5.97 Å². The molecule has 0 fully saturated rings. The van der Waals surface area contributed by atoms with E-state index in [0.29, 0.717) is 5.57 Å². The molecule has 4 heteroatoms. The SMILES string of the molecule is CC=C(C)C(=O)OC(O)(O)CC(C)C. The van der Waals surface area contributed by atoms with Crippen molar-refractivity contribution in [1.82, 2.24) is 0 Å². The normalized spacial score (nSPS) is 13.2. The van der Waals surface area contributed by atoms with Gasteiger partial charge in [-0.25, -0.2) is 4.79 Å². The van der Waals surface area contributed by atoms with E-state index >= 15 is 0 Å². The smallest absolute Gasteiger partial charge is 0.337 e. The zero-order chi connectivity index (χ0) is 11.4. The van der Waals surface area contributed by atoms with Gasteiger partial charge in [-0.2, -0.15) is 0 Å². The van der Waals surface area contributed by atoms with E-state index in [9.17, 15) is 15.0 Å². The Kier molecular flexibility index (Phi) is 4.80. The summed E-state index contributed by atoms with van der Waals surface area (Å²) >= 11 is 0. The number of esters is 1. The summed E-state index contributed by atoms with van der Waals surface area (Å²) in [6, 6.07) is 0. The maximum atomic E-state index is 11.2. The molecule has 0 radical (unpaired) electrons. The lowest BCUT2D eigenvalue weighted by molar-refractivity contribution is -0.323. The molecule has 0 unspecified atom stereocenters. The van der Waals surface area contributed by atoms with E-state index in [4.69, 9.17) is 0 Å². The number of carbonyl (C=O) groups is 1. The van der Waals surface area contributed by atoms with Crippen LogP contribution in [0.1, 0.15) is 34.1 Å². The molecule has 0 saturated heterocycles. The molecule has 0 rings (SSSR count). The van der Waals surface area contributed by atoms with Crippen LogP contribution in [-0.4, -0.2) is 22.2 Å². The lowest BCUT2D eigenvalue weighted by atomic mass is 10.1. The molecule has 4 nitrogen and oxygen atoms in total. The molecule has 0 spiro atoms. The number of aliphatic hydroxyl groups is 2. The summed E-state index contributed by atoms with van der Waals surface area (Å²) in [4.78, 5) is 11.2. The van der Waals surface area contributed by atoms with Crippen molar-refractivity contribution in [1.29, 1.82) is 0 Å². The van der Waals surface area contributed by atoms with Gasteiger partial charge in [-0.1, -0.05) is 19.9 Å². The monoisotopic (exact) mass is 202 g/mol. The average Bonchev–Trinajstić information content (AvgIpc) is 1.99. The largest absolute Gasteiger partial charge is 0.405 e. The van der Waals surface area contributed by atoms with E-state index in [2.05, 4.69) is 4.74 Å². The molecule has 0 aromatic carbocycles. The van der Waals surface area contributed by atoms with Crippen LogP contribution in [0.15, 0.2) is 11.6 Å². The summed E-state index contributed by atoms with van der Waals surface area (Å²) < 4.78 is 4.51. The number of ether oxygens (including phenoxy) is 1. The second kappa shape index (κ2) is 5.12. The maximum absolute atomic E-state index is 11.2. The van der Waals surface area contributed by atoms with Gasteiger partial charge in [0, 0.05) is 12.0 Å². The molecule has 0 aliphatic carbocycles. The summed E-state index contributed by atoms with van der Waals surface area (Å²) in [5.74, 6) is -3.04. The van der Waals surface area contributed by atoms with Gasteiger partial charge in [0.05, 0.1) is 0 Å². The van der Waals surface area contributed by atoms with Crippen LogP contribution in [0.25, 0.3) is 0 Å². The average molecular weight is 202 g/mol. The molecule has 82 valence electrons. The first-order valence-electron chi connectivity index (χ1n) is 4.59. The van der Waals surface area contributed by atoms with Crippen molar-refractivity contribution in [2.75, 3.05) is 0 Å². The van der Waals surface area contributed by atoms with Gasteiger partial charge in [0.25, 0.3) is 0 Å². The Hall–Kier alpha value is -0.870. The van der Waals surface area contributed by atoms with Crippen LogP contribution in [0.3, 0.4) is 0 Å². The molecule has 0 aromatic rings. The van der Waals surface area contributed by atoms with Gasteiger partial charge in [-0.15, -0.1) is 0 Å². The summed E-state index contributed by atoms with van der Waals surface area (Å²) in [5, 5.41) is 18.6. The fraction of sp³-hybridized carbons (Fsp3) is 0.700. The topological polar surface area (TPSA) is 66.8 Å². The van der Waals surface area contributed by atoms with Crippen molar-refractivity contribution in [2.24, 2.45) is 5.92 Å². The van der Waals surface area contributed by atoms with E-state index in [1.54, 1.807) is 33.8 Å². The van der Waals surface area contributed by atoms with Gasteiger partial charge < -0.3 is 14.9 Å². The third-order valence-electron chi connectivity index (χ3n) is 1.69. The highest BCUT2D eigenvalue weighted by Gasteiger charge is 2.29. The van der Waals surface area contributed by atoms with Crippen LogP contribution in [0.4, 0.5) is 0 Å². The van der Waals surface area contributed by atoms with Gasteiger partial charge >= 0.3 is 11.9 Å². The number of hydrogen-bond acceptors (Lipinski definition) is 4. The zero-order valence-corrected chi connectivity index (χ0v) is 9.07. The van der Waals surface area contributed by atoms with E-state index in [1.165, 1.54) is 0 Å². The first-order valence-corrected chi connectivity index (χ1v) is 4.59. The van der Waals surface area contributed by atoms with Crippen molar-refractivity contribution in [3.63, 3.8) is 0 Å². The standard InChI is InChI=1S/C10H18O4/c1-5-8(4)9(11)14-10(12,13)6-7(2)3/h5,7,12-13H,6H2,1-4H3. The Labute approximate surface area is 84.2 Å². The molecule has 14 heavy (non-hydrogen) atoms. The predicted molar refractivity (Wildman–Crippen MR) is 52.1 cm³/mol. The lowest BCUT2D eigenvalue weighted by Crippen LogP contribution is -2.36. The molecule has 0 bridgehead atoms. The Morgan fingerprint density at radius 3 is 2.36 bits per heavy atom. The van der Waals surface area contributed by atoms with Gasteiger partial charge in [-0.05, 0) is 19.8 Å². The predicted octanol–water partition coefficient (Wildman–Crippen LogP) is 1.18. The Bertz CT molecular complexity index is 228. The Balaban J connectivity index is 4.29. The Morgan fingerprint density at radius 2 is 2.00 bits per heavy atom. The van der Waals surface area contributed by atoms with Crippen LogP contribution in [0.5, 0.6) is 0 Å². The molecule has 0 aliphatic rings. The van der Waals surface area contributed by atoms with Crippen molar-refractivity contribution in [3.05, 3.63) is 11.6 Å². The van der Waals surface area contributed by atoms with Crippen LogP contribution in [-0.2, 0) is 9.53 Å². The fourth-order valence-electron chi connectivity index (χ4n) is 0.920. The van der Waals surface area contributed by atoms with E-state index in [0.717, 1.165) is 0 Å². The molecular formula is C10H18O4. The van der Waals surface area contributed by atoms with Crippen LogP contribution in [0.2, 0.25) is 0 Å². The van der Waals surface area contributed by atoms with Crippen LogP contribution >= 0.6 is 0 Å². The number of carbonyl (C=O) groups excluding carboxylic acids is 1. The molecule has 0 aliphatic heterocycles. The summed E-state index contributed by atoms with van der Waals surface area (Å²) in [5.41, 5.74) is 0.348. The molecular weight excluding hydrogens is 184 g/mol. The lowest BCUT2D eigenvalue weighted by Gasteiger charge is -2.23. The summed E-state index contributed by atoms with van der Waals surface area (Å²) in [6.45, 7) is 6.83. The van der Waals surface area contributed by atoms with Crippen molar-refractivity contribution in [2.45, 2.75) is 40.1 Å². The zero-order valence-electron chi connectivity index (χ0n) is 9.07. The fourth-order valence-corrected chi connectivity index (χ4v) is 0.920. The van der Waals surface area contributed by atoms with E-state index < -0.39 is 11.9 Å². The molecule has 0 atom stereocenters. The number of allylic oxidation sites excluding steroid dienone is 1. The first-order chi connectivity index (χ1) is 6.28. The Morgan fingerprint density at radius 1 is 1.50 bits per heavy atom. The van der Waals surface area contributed by atoms with Crippen molar-refractivity contribution < 1.29 is 19.7 Å². The van der Waals surface area contributed by atoms with Gasteiger partial charge in [0.1, 0.15) is 0 Å². The minimum absolute atomic E-state index is 0.00423. The highest BCUT2D eigenvalue weighted by molar-refractivity contribution is 5.87. The van der Waals surface area contributed by atoms with Gasteiger partial charge in [0.2, 0.25) is 0 Å². The highest BCUT2D eigenvalue weighted by Crippen LogP contribution is 2.16. The number of hydrogen-bond donors (Lipinski definition) is 2. The molecule has 0 aromatic heterocycles. The highest BCUT2D eigenvalue weighted by atomic mass is 16.8. The number of rotatable bonds is 4. The first kappa shape index (κ1) is 13.1. The third-order valence-corrected chi connectivity index (χ3v) is 1.69. The molecule has 2 N–H and O–H groups in total. The van der Waals surface area contributed by atoms with E-state index in [-0.39, 0.29) is 12.3 Å². The second-order valence-corrected chi connectivity index (χ2v) is 3.70. The van der Waals surface area contributed by atoms with Crippen molar-refractivity contribution in [3.8, 4) is 0 Å². The van der Waals surface area contributed by atoms with E-state index in [1.807, 2.05) is 0 Å². The second-order valence-electron chi connectivity index (χ2n) is 3.70. The van der Waals surface area contributed by atoms with Crippen LogP contribution < -0.4 is 0 Å². The summed E-state index contributed by atoms with van der Waals surface area (Å²) in [6.07, 6.45) is 1.55.